The zero-order valence-corrected chi connectivity index (χ0v) is 20.8. The SMILES string of the molecule is C/C=C\C(=C(/C)N1CCN(CCCCF)CC1)C1CC(C)(C)CC(C)(C)C1.CC. The van der Waals surface area contributed by atoms with Gasteiger partial charge < -0.3 is 4.90 Å². The van der Waals surface area contributed by atoms with E-state index in [0.717, 1.165) is 39.1 Å². The zero-order chi connectivity index (χ0) is 22.1. The van der Waals surface area contributed by atoms with E-state index in [9.17, 15) is 4.39 Å². The second-order valence-electron chi connectivity index (χ2n) is 10.4. The molecule has 0 atom stereocenters. The van der Waals surface area contributed by atoms with Gasteiger partial charge >= 0.3 is 0 Å². The first-order valence-corrected chi connectivity index (χ1v) is 12.0. The Morgan fingerprint density at radius 1 is 0.966 bits per heavy atom. The molecule has 0 N–H and O–H groups in total. The van der Waals surface area contributed by atoms with Crippen molar-refractivity contribution in [2.45, 2.75) is 87.5 Å². The minimum atomic E-state index is -0.178. The maximum atomic E-state index is 12.3. The molecule has 2 aliphatic rings. The van der Waals surface area contributed by atoms with Gasteiger partial charge in [0.2, 0.25) is 0 Å². The molecule has 0 aromatic rings. The Hall–Kier alpha value is -0.830. The van der Waals surface area contributed by atoms with Crippen molar-refractivity contribution in [3.63, 3.8) is 0 Å². The average Bonchev–Trinajstić information content (AvgIpc) is 2.65. The lowest BCUT2D eigenvalue weighted by atomic mass is 9.60. The third kappa shape index (κ3) is 8.44. The second-order valence-corrected chi connectivity index (χ2v) is 10.4. The molecule has 29 heavy (non-hydrogen) atoms. The number of unbranched alkanes of at least 4 members (excludes halogenated alkanes) is 1. The minimum Gasteiger partial charge on any atom is -0.372 e. The van der Waals surface area contributed by atoms with Gasteiger partial charge in [-0.15, -0.1) is 0 Å². The molecule has 1 aliphatic heterocycles. The van der Waals surface area contributed by atoms with Crippen molar-refractivity contribution in [2.24, 2.45) is 16.7 Å². The van der Waals surface area contributed by atoms with Crippen molar-refractivity contribution < 1.29 is 4.39 Å². The number of hydrogen-bond acceptors (Lipinski definition) is 2. The fraction of sp³-hybridized carbons (Fsp3) is 0.846. The molecule has 2 fully saturated rings. The lowest BCUT2D eigenvalue weighted by Gasteiger charge is -2.46. The predicted octanol–water partition coefficient (Wildman–Crippen LogP) is 7.08. The van der Waals surface area contributed by atoms with Crippen LogP contribution in [0.25, 0.3) is 0 Å². The van der Waals surface area contributed by atoms with Gasteiger partial charge in [0.15, 0.2) is 0 Å². The number of alkyl halides is 1. The van der Waals surface area contributed by atoms with Crippen LogP contribution in [0.1, 0.15) is 87.5 Å². The highest BCUT2D eigenvalue weighted by atomic mass is 19.1. The van der Waals surface area contributed by atoms with Crippen molar-refractivity contribution in [3.05, 3.63) is 23.4 Å². The summed E-state index contributed by atoms with van der Waals surface area (Å²) in [6, 6.07) is 0. The number of nitrogens with zero attached hydrogens (tertiary/aromatic N) is 2. The minimum absolute atomic E-state index is 0.178. The van der Waals surface area contributed by atoms with E-state index in [1.165, 1.54) is 25.0 Å². The van der Waals surface area contributed by atoms with E-state index in [4.69, 9.17) is 0 Å². The fourth-order valence-electron chi connectivity index (χ4n) is 5.72. The van der Waals surface area contributed by atoms with Gasteiger partial charge in [-0.1, -0.05) is 53.7 Å². The van der Waals surface area contributed by atoms with Gasteiger partial charge in [0.1, 0.15) is 0 Å². The normalized spacial score (nSPS) is 23.6. The summed E-state index contributed by atoms with van der Waals surface area (Å²) in [6.07, 6.45) is 10.2. The standard InChI is InChI=1S/C24H43FN2.C2H6/c1-7-10-22(21-17-23(3,4)19-24(5,6)18-21)20(2)27-15-13-26(14-16-27)12-9-8-11-25;1-2/h7,10,21H,8-9,11-19H2,1-6H3;1-2H3/b10-7-,22-20-;. The molecule has 1 saturated carbocycles. The monoisotopic (exact) mass is 408 g/mol. The van der Waals surface area contributed by atoms with Gasteiger partial charge in [0.05, 0.1) is 6.67 Å². The largest absolute Gasteiger partial charge is 0.372 e. The van der Waals surface area contributed by atoms with Crippen LogP contribution in [0.15, 0.2) is 23.4 Å². The summed E-state index contributed by atoms with van der Waals surface area (Å²) >= 11 is 0. The molecular weight excluding hydrogens is 359 g/mol. The zero-order valence-electron chi connectivity index (χ0n) is 20.8. The van der Waals surface area contributed by atoms with Crippen LogP contribution in [0.4, 0.5) is 4.39 Å². The molecule has 0 aromatic heterocycles. The Morgan fingerprint density at radius 3 is 2.00 bits per heavy atom. The van der Waals surface area contributed by atoms with Gasteiger partial charge in [-0.25, -0.2) is 0 Å². The van der Waals surface area contributed by atoms with Gasteiger partial charge in [0, 0.05) is 31.9 Å². The Labute approximate surface area is 181 Å². The second kappa shape index (κ2) is 12.1. The van der Waals surface area contributed by atoms with Crippen LogP contribution in [0.5, 0.6) is 0 Å². The van der Waals surface area contributed by atoms with E-state index < -0.39 is 0 Å². The van der Waals surface area contributed by atoms with E-state index >= 15 is 0 Å². The van der Waals surface area contributed by atoms with Crippen LogP contribution < -0.4 is 0 Å². The third-order valence-electron chi connectivity index (χ3n) is 6.46. The lowest BCUT2D eigenvalue weighted by molar-refractivity contribution is 0.0809. The van der Waals surface area contributed by atoms with Crippen LogP contribution >= 0.6 is 0 Å². The van der Waals surface area contributed by atoms with Gasteiger partial charge in [-0.2, -0.15) is 0 Å². The molecule has 1 heterocycles. The van der Waals surface area contributed by atoms with Crippen molar-refractivity contribution in [1.82, 2.24) is 9.80 Å². The molecule has 0 bridgehead atoms. The molecule has 0 amide bonds. The Balaban J connectivity index is 0.00000204. The van der Waals surface area contributed by atoms with E-state index in [-0.39, 0.29) is 6.67 Å². The summed E-state index contributed by atoms with van der Waals surface area (Å²) in [7, 11) is 0. The maximum Gasteiger partial charge on any atom is 0.0894 e. The molecule has 1 aliphatic carbocycles. The van der Waals surface area contributed by atoms with Gasteiger partial charge in [0.25, 0.3) is 0 Å². The van der Waals surface area contributed by atoms with Crippen molar-refractivity contribution in [3.8, 4) is 0 Å². The fourth-order valence-corrected chi connectivity index (χ4v) is 5.72. The first-order chi connectivity index (χ1) is 13.7. The highest BCUT2D eigenvalue weighted by molar-refractivity contribution is 5.28. The topological polar surface area (TPSA) is 6.48 Å². The Bertz CT molecular complexity index is 509. The summed E-state index contributed by atoms with van der Waals surface area (Å²) in [6.45, 7) is 23.5. The Kier molecular flexibility index (Phi) is 11.0. The van der Waals surface area contributed by atoms with Crippen LogP contribution in [0, 0.1) is 16.7 Å². The van der Waals surface area contributed by atoms with Gasteiger partial charge in [-0.05, 0) is 74.8 Å². The average molecular weight is 409 g/mol. The van der Waals surface area contributed by atoms with Crippen LogP contribution in [0.2, 0.25) is 0 Å². The summed E-state index contributed by atoms with van der Waals surface area (Å²) < 4.78 is 12.3. The summed E-state index contributed by atoms with van der Waals surface area (Å²) in [5.41, 5.74) is 3.86. The van der Waals surface area contributed by atoms with Crippen LogP contribution in [0.3, 0.4) is 0 Å². The number of rotatable bonds is 7. The molecule has 2 rings (SSSR count). The molecule has 0 unspecified atom stereocenters. The molecule has 0 spiro atoms. The maximum absolute atomic E-state index is 12.3. The summed E-state index contributed by atoms with van der Waals surface area (Å²) in [4.78, 5) is 5.09. The molecule has 0 radical (unpaired) electrons. The van der Waals surface area contributed by atoms with E-state index in [0.29, 0.717) is 23.2 Å². The van der Waals surface area contributed by atoms with E-state index in [1.807, 2.05) is 13.8 Å². The smallest absolute Gasteiger partial charge is 0.0894 e. The number of allylic oxidation sites excluding steroid dienone is 4. The quantitative estimate of drug-likeness (QED) is 0.328. The first-order valence-electron chi connectivity index (χ1n) is 12.0. The Morgan fingerprint density at radius 2 is 1.52 bits per heavy atom. The summed E-state index contributed by atoms with van der Waals surface area (Å²) in [5, 5.41) is 0. The molecule has 170 valence electrons. The van der Waals surface area contributed by atoms with Crippen molar-refractivity contribution >= 4 is 0 Å². The summed E-state index contributed by atoms with van der Waals surface area (Å²) in [5.74, 6) is 0.655. The molecular formula is C26H49FN2. The number of hydrogen-bond donors (Lipinski definition) is 0. The third-order valence-corrected chi connectivity index (χ3v) is 6.46. The van der Waals surface area contributed by atoms with E-state index in [2.05, 4.69) is 63.5 Å². The van der Waals surface area contributed by atoms with E-state index in [1.54, 1.807) is 5.57 Å². The van der Waals surface area contributed by atoms with Crippen LogP contribution in [-0.4, -0.2) is 49.2 Å². The molecule has 3 heteroatoms. The highest BCUT2D eigenvalue weighted by Gasteiger charge is 2.39. The predicted molar refractivity (Wildman–Crippen MR) is 127 cm³/mol. The van der Waals surface area contributed by atoms with Gasteiger partial charge in [-0.3, -0.25) is 9.29 Å². The highest BCUT2D eigenvalue weighted by Crippen LogP contribution is 2.51. The molecule has 2 nitrogen and oxygen atoms in total. The molecule has 1 saturated heterocycles. The number of piperazine rings is 1. The van der Waals surface area contributed by atoms with Crippen molar-refractivity contribution in [2.75, 3.05) is 39.4 Å². The number of halogens is 1. The van der Waals surface area contributed by atoms with Crippen molar-refractivity contribution in [1.29, 1.82) is 0 Å². The lowest BCUT2D eigenvalue weighted by Crippen LogP contribution is -2.46. The molecule has 0 aromatic carbocycles. The first kappa shape index (κ1) is 26.2. The van der Waals surface area contributed by atoms with Crippen LogP contribution in [-0.2, 0) is 0 Å².